The molecule has 0 aliphatic rings. The lowest BCUT2D eigenvalue weighted by molar-refractivity contribution is 0.298. The fraction of sp³-hybridized carbons (Fsp3) is 0.214. The summed E-state index contributed by atoms with van der Waals surface area (Å²) >= 11 is 0. The third kappa shape index (κ3) is 3.28. The molecule has 1 aromatic carbocycles. The predicted octanol–water partition coefficient (Wildman–Crippen LogP) is 2.52. The van der Waals surface area contributed by atoms with Gasteiger partial charge >= 0.3 is 0 Å². The van der Waals surface area contributed by atoms with E-state index < -0.39 is 0 Å². The highest BCUT2D eigenvalue weighted by atomic mass is 19.1. The van der Waals surface area contributed by atoms with Crippen LogP contribution in [0.4, 0.5) is 4.39 Å². The molecular formula is C14H15FN2O. The number of hydrogen-bond acceptors (Lipinski definition) is 3. The number of ether oxygens (including phenoxy) is 1. The molecular weight excluding hydrogens is 231 g/mol. The number of benzene rings is 1. The van der Waals surface area contributed by atoms with E-state index in [-0.39, 0.29) is 12.4 Å². The Morgan fingerprint density at radius 3 is 2.94 bits per heavy atom. The van der Waals surface area contributed by atoms with E-state index in [0.29, 0.717) is 17.9 Å². The number of nitrogens with zero attached hydrogens (tertiary/aromatic N) is 1. The molecule has 0 unspecified atom stereocenters. The molecule has 0 radical (unpaired) electrons. The molecule has 0 saturated carbocycles. The van der Waals surface area contributed by atoms with E-state index in [1.165, 1.54) is 6.07 Å². The van der Waals surface area contributed by atoms with Crippen LogP contribution >= 0.6 is 0 Å². The Hall–Kier alpha value is -1.94. The van der Waals surface area contributed by atoms with Gasteiger partial charge in [-0.2, -0.15) is 0 Å². The van der Waals surface area contributed by atoms with E-state index in [0.717, 1.165) is 5.56 Å². The normalized spacial score (nSPS) is 10.3. The minimum Gasteiger partial charge on any atom is -0.487 e. The van der Waals surface area contributed by atoms with Crippen LogP contribution in [-0.4, -0.2) is 12.0 Å². The number of aromatic nitrogens is 1. The minimum absolute atomic E-state index is 0.203. The van der Waals surface area contributed by atoms with Crippen molar-refractivity contribution in [2.24, 2.45) is 0 Å². The van der Waals surface area contributed by atoms with Crippen LogP contribution < -0.4 is 10.1 Å². The molecule has 18 heavy (non-hydrogen) atoms. The number of rotatable bonds is 5. The molecule has 1 heterocycles. The monoisotopic (exact) mass is 246 g/mol. The van der Waals surface area contributed by atoms with Crippen molar-refractivity contribution in [1.82, 2.24) is 10.3 Å². The van der Waals surface area contributed by atoms with Gasteiger partial charge in [0.05, 0.1) is 6.20 Å². The fourth-order valence-corrected chi connectivity index (χ4v) is 1.65. The zero-order valence-electron chi connectivity index (χ0n) is 10.2. The van der Waals surface area contributed by atoms with Crippen molar-refractivity contribution in [1.29, 1.82) is 0 Å². The van der Waals surface area contributed by atoms with Crippen LogP contribution in [0.3, 0.4) is 0 Å². The van der Waals surface area contributed by atoms with Crippen LogP contribution in [0.2, 0.25) is 0 Å². The smallest absolute Gasteiger partial charge is 0.138 e. The van der Waals surface area contributed by atoms with Gasteiger partial charge in [-0.05, 0) is 36.9 Å². The number of nitrogens with one attached hydrogen (secondary N) is 1. The Morgan fingerprint density at radius 2 is 2.22 bits per heavy atom. The first-order chi connectivity index (χ1) is 8.79. The SMILES string of the molecule is CNCc1ccc(F)c(COc2cccnc2)c1. The number of pyridine rings is 1. The highest BCUT2D eigenvalue weighted by Gasteiger charge is 2.04. The summed E-state index contributed by atoms with van der Waals surface area (Å²) in [5.74, 6) is 0.384. The van der Waals surface area contributed by atoms with Crippen LogP contribution in [0.25, 0.3) is 0 Å². The van der Waals surface area contributed by atoms with Crippen molar-refractivity contribution in [2.45, 2.75) is 13.2 Å². The van der Waals surface area contributed by atoms with Crippen LogP contribution in [0.1, 0.15) is 11.1 Å². The minimum atomic E-state index is -0.251. The van der Waals surface area contributed by atoms with Gasteiger partial charge in [-0.1, -0.05) is 6.07 Å². The van der Waals surface area contributed by atoms with Crippen molar-refractivity contribution in [3.05, 3.63) is 59.7 Å². The Bertz CT molecular complexity index is 502. The van der Waals surface area contributed by atoms with Gasteiger partial charge in [-0.25, -0.2) is 4.39 Å². The van der Waals surface area contributed by atoms with Gasteiger partial charge in [0.25, 0.3) is 0 Å². The molecule has 0 bridgehead atoms. The molecule has 0 aliphatic carbocycles. The van der Waals surface area contributed by atoms with Crippen LogP contribution in [0.5, 0.6) is 5.75 Å². The summed E-state index contributed by atoms with van der Waals surface area (Å²) < 4.78 is 19.1. The van der Waals surface area contributed by atoms with Crippen molar-refractivity contribution in [2.75, 3.05) is 7.05 Å². The van der Waals surface area contributed by atoms with Crippen molar-refractivity contribution in [3.63, 3.8) is 0 Å². The molecule has 0 aliphatic heterocycles. The molecule has 1 N–H and O–H groups in total. The molecule has 1 aromatic heterocycles. The van der Waals surface area contributed by atoms with Gasteiger partial charge in [0.15, 0.2) is 0 Å². The predicted molar refractivity (Wildman–Crippen MR) is 67.7 cm³/mol. The Labute approximate surface area is 106 Å². The standard InChI is InChI=1S/C14H15FN2O/c1-16-8-11-4-5-14(15)12(7-11)10-18-13-3-2-6-17-9-13/h2-7,9,16H,8,10H2,1H3. The van der Waals surface area contributed by atoms with Gasteiger partial charge in [-0.15, -0.1) is 0 Å². The highest BCUT2D eigenvalue weighted by molar-refractivity contribution is 5.25. The second-order valence-corrected chi connectivity index (χ2v) is 3.93. The summed E-state index contributed by atoms with van der Waals surface area (Å²) in [5.41, 5.74) is 1.58. The molecule has 0 amide bonds. The largest absolute Gasteiger partial charge is 0.487 e. The van der Waals surface area contributed by atoms with Gasteiger partial charge in [0, 0.05) is 18.3 Å². The summed E-state index contributed by atoms with van der Waals surface area (Å²) in [4.78, 5) is 3.94. The van der Waals surface area contributed by atoms with E-state index in [1.54, 1.807) is 30.6 Å². The second-order valence-electron chi connectivity index (χ2n) is 3.93. The zero-order chi connectivity index (χ0) is 12.8. The first-order valence-corrected chi connectivity index (χ1v) is 5.74. The van der Waals surface area contributed by atoms with Crippen LogP contribution in [0.15, 0.2) is 42.7 Å². The first-order valence-electron chi connectivity index (χ1n) is 5.74. The molecule has 3 nitrogen and oxygen atoms in total. The summed E-state index contributed by atoms with van der Waals surface area (Å²) in [6, 6.07) is 8.61. The van der Waals surface area contributed by atoms with E-state index in [1.807, 2.05) is 13.1 Å². The third-order valence-corrected chi connectivity index (χ3v) is 2.52. The Morgan fingerprint density at radius 1 is 1.33 bits per heavy atom. The summed E-state index contributed by atoms with van der Waals surface area (Å²) in [6.07, 6.45) is 3.27. The second kappa shape index (κ2) is 6.12. The maximum atomic E-state index is 13.6. The van der Waals surface area contributed by atoms with Gasteiger partial charge in [-0.3, -0.25) is 4.98 Å². The van der Waals surface area contributed by atoms with Crippen LogP contribution in [0, 0.1) is 5.82 Å². The lowest BCUT2D eigenvalue weighted by Gasteiger charge is -2.08. The molecule has 0 fully saturated rings. The van der Waals surface area contributed by atoms with E-state index in [2.05, 4.69) is 10.3 Å². The summed E-state index contributed by atoms with van der Waals surface area (Å²) in [6.45, 7) is 0.912. The Kier molecular flexibility index (Phi) is 4.25. The number of hydrogen-bond donors (Lipinski definition) is 1. The zero-order valence-corrected chi connectivity index (χ0v) is 10.2. The molecule has 94 valence electrons. The number of halogens is 1. The van der Waals surface area contributed by atoms with Gasteiger partial charge in [0.2, 0.25) is 0 Å². The summed E-state index contributed by atoms with van der Waals surface area (Å²) in [7, 11) is 1.86. The van der Waals surface area contributed by atoms with Crippen molar-refractivity contribution >= 4 is 0 Å². The third-order valence-electron chi connectivity index (χ3n) is 2.52. The molecule has 2 aromatic rings. The maximum absolute atomic E-state index is 13.6. The molecule has 0 spiro atoms. The molecule has 2 rings (SSSR count). The summed E-state index contributed by atoms with van der Waals surface area (Å²) in [5, 5.41) is 3.03. The first kappa shape index (κ1) is 12.5. The average Bonchev–Trinajstić information content (AvgIpc) is 2.41. The molecule has 4 heteroatoms. The lowest BCUT2D eigenvalue weighted by Crippen LogP contribution is -2.07. The van der Waals surface area contributed by atoms with Crippen LogP contribution in [-0.2, 0) is 13.2 Å². The molecule has 0 atom stereocenters. The van der Waals surface area contributed by atoms with Crippen molar-refractivity contribution < 1.29 is 9.13 Å². The fourth-order valence-electron chi connectivity index (χ4n) is 1.65. The maximum Gasteiger partial charge on any atom is 0.138 e. The van der Waals surface area contributed by atoms with E-state index >= 15 is 0 Å². The van der Waals surface area contributed by atoms with E-state index in [9.17, 15) is 4.39 Å². The topological polar surface area (TPSA) is 34.1 Å². The highest BCUT2D eigenvalue weighted by Crippen LogP contribution is 2.14. The molecule has 0 saturated heterocycles. The van der Waals surface area contributed by atoms with Crippen molar-refractivity contribution in [3.8, 4) is 5.75 Å². The van der Waals surface area contributed by atoms with Gasteiger partial charge < -0.3 is 10.1 Å². The Balaban J connectivity index is 2.06. The van der Waals surface area contributed by atoms with E-state index in [4.69, 9.17) is 4.74 Å². The average molecular weight is 246 g/mol. The lowest BCUT2D eigenvalue weighted by atomic mass is 10.1. The van der Waals surface area contributed by atoms with Gasteiger partial charge in [0.1, 0.15) is 18.2 Å². The quantitative estimate of drug-likeness (QED) is 0.880.